The fourth-order valence-corrected chi connectivity index (χ4v) is 3.24. The van der Waals surface area contributed by atoms with Gasteiger partial charge in [0.15, 0.2) is 6.19 Å². The van der Waals surface area contributed by atoms with Gasteiger partial charge in [-0.15, -0.1) is 10.3 Å². The normalized spacial score (nSPS) is 22.9. The Kier molecular flexibility index (Phi) is 5.31. The van der Waals surface area contributed by atoms with E-state index in [0.717, 1.165) is 5.06 Å². The van der Waals surface area contributed by atoms with E-state index < -0.39 is 11.1 Å². The zero-order chi connectivity index (χ0) is 18.1. The lowest BCUT2D eigenvalue weighted by molar-refractivity contribution is -0.245. The molecule has 1 aliphatic heterocycles. The van der Waals surface area contributed by atoms with E-state index in [9.17, 15) is 5.21 Å². The Bertz CT molecular complexity index is 696. The monoisotopic (exact) mass is 368 g/mol. The minimum absolute atomic E-state index is 0.264. The molecule has 1 atom stereocenters. The predicted molar refractivity (Wildman–Crippen MR) is 95.4 cm³/mol. The van der Waals surface area contributed by atoms with E-state index in [1.54, 1.807) is 18.2 Å². The molecule has 129 valence electrons. The summed E-state index contributed by atoms with van der Waals surface area (Å²) < 4.78 is 0. The number of benzene rings is 1. The molecule has 0 aliphatic carbocycles. The van der Waals surface area contributed by atoms with Crippen molar-refractivity contribution in [3.63, 3.8) is 0 Å². The van der Waals surface area contributed by atoms with Crippen molar-refractivity contribution >= 4 is 34.8 Å². The summed E-state index contributed by atoms with van der Waals surface area (Å²) in [5.74, 6) is 0.264. The van der Waals surface area contributed by atoms with Gasteiger partial charge in [-0.2, -0.15) is 5.26 Å². The quantitative estimate of drug-likeness (QED) is 0.359. The SMILES string of the molecule is CC1(C)CC(N=C(NC#N)Nc2ccc(Cl)c(Cl)c2)C(C)(C)N1[O]. The average Bonchev–Trinajstić information content (AvgIpc) is 2.63. The first-order chi connectivity index (χ1) is 11.1. The maximum Gasteiger partial charge on any atom is 0.209 e. The van der Waals surface area contributed by atoms with Gasteiger partial charge in [-0.3, -0.25) is 5.32 Å². The minimum Gasteiger partial charge on any atom is -0.325 e. The zero-order valence-electron chi connectivity index (χ0n) is 14.0. The number of halogens is 2. The van der Waals surface area contributed by atoms with Crippen LogP contribution in [-0.2, 0) is 5.21 Å². The van der Waals surface area contributed by atoms with Gasteiger partial charge in [0, 0.05) is 11.2 Å². The maximum absolute atomic E-state index is 12.4. The molecule has 1 aromatic carbocycles. The van der Waals surface area contributed by atoms with Crippen LogP contribution in [-0.4, -0.2) is 28.1 Å². The van der Waals surface area contributed by atoms with Crippen LogP contribution in [0.3, 0.4) is 0 Å². The summed E-state index contributed by atoms with van der Waals surface area (Å²) in [7, 11) is 0. The van der Waals surface area contributed by atoms with Crippen molar-refractivity contribution in [2.24, 2.45) is 4.99 Å². The second-order valence-electron chi connectivity index (χ2n) is 6.95. The molecule has 1 heterocycles. The summed E-state index contributed by atoms with van der Waals surface area (Å²) in [6.45, 7) is 7.49. The number of nitrogens with one attached hydrogen (secondary N) is 2. The molecule has 0 bridgehead atoms. The van der Waals surface area contributed by atoms with E-state index in [1.165, 1.54) is 0 Å². The number of anilines is 1. The van der Waals surface area contributed by atoms with Crippen LogP contribution in [0.5, 0.6) is 0 Å². The van der Waals surface area contributed by atoms with Crippen molar-refractivity contribution in [2.45, 2.75) is 51.2 Å². The van der Waals surface area contributed by atoms with Crippen molar-refractivity contribution in [1.29, 1.82) is 5.26 Å². The fraction of sp³-hybridized carbons (Fsp3) is 0.500. The Labute approximate surface area is 152 Å². The van der Waals surface area contributed by atoms with Gasteiger partial charge < -0.3 is 5.32 Å². The van der Waals surface area contributed by atoms with Gasteiger partial charge in [0.1, 0.15) is 0 Å². The highest BCUT2D eigenvalue weighted by Gasteiger charge is 2.52. The molecule has 8 heteroatoms. The van der Waals surface area contributed by atoms with Crippen molar-refractivity contribution < 1.29 is 5.21 Å². The van der Waals surface area contributed by atoms with Crippen LogP contribution in [0.2, 0.25) is 10.0 Å². The van der Waals surface area contributed by atoms with Crippen molar-refractivity contribution in [1.82, 2.24) is 10.4 Å². The first kappa shape index (κ1) is 18.8. The van der Waals surface area contributed by atoms with Crippen molar-refractivity contribution in [2.75, 3.05) is 5.32 Å². The van der Waals surface area contributed by atoms with Gasteiger partial charge in [0.05, 0.1) is 21.6 Å². The van der Waals surface area contributed by atoms with Crippen molar-refractivity contribution in [3.8, 4) is 6.19 Å². The average molecular weight is 369 g/mol. The molecule has 2 N–H and O–H groups in total. The number of hydrogen-bond donors (Lipinski definition) is 2. The minimum atomic E-state index is -0.675. The summed E-state index contributed by atoms with van der Waals surface area (Å²) in [6.07, 6.45) is 2.44. The smallest absolute Gasteiger partial charge is 0.209 e. The third kappa shape index (κ3) is 3.76. The zero-order valence-corrected chi connectivity index (χ0v) is 15.5. The Morgan fingerprint density at radius 2 is 2.00 bits per heavy atom. The Balaban J connectivity index is 2.28. The molecule has 6 nitrogen and oxygen atoms in total. The number of guanidine groups is 1. The lowest BCUT2D eigenvalue weighted by atomic mass is 9.95. The van der Waals surface area contributed by atoms with E-state index in [0.29, 0.717) is 22.2 Å². The van der Waals surface area contributed by atoms with Crippen LogP contribution in [0.4, 0.5) is 5.69 Å². The molecule has 1 saturated heterocycles. The molecule has 1 aliphatic rings. The summed E-state index contributed by atoms with van der Waals surface area (Å²) in [5.41, 5.74) is -0.551. The number of nitriles is 1. The summed E-state index contributed by atoms with van der Waals surface area (Å²) in [4.78, 5) is 4.57. The van der Waals surface area contributed by atoms with Crippen molar-refractivity contribution in [3.05, 3.63) is 28.2 Å². The van der Waals surface area contributed by atoms with Crippen LogP contribution < -0.4 is 10.6 Å². The molecule has 24 heavy (non-hydrogen) atoms. The molecule has 0 aromatic heterocycles. The Hall–Kier alpha value is -1.52. The largest absolute Gasteiger partial charge is 0.325 e. The van der Waals surface area contributed by atoms with Crippen LogP contribution in [0, 0.1) is 11.5 Å². The van der Waals surface area contributed by atoms with Crippen LogP contribution in [0.25, 0.3) is 0 Å². The molecule has 1 fully saturated rings. The predicted octanol–water partition coefficient (Wildman–Crippen LogP) is 3.81. The third-order valence-electron chi connectivity index (χ3n) is 4.22. The Morgan fingerprint density at radius 3 is 2.50 bits per heavy atom. The number of hydroxylamine groups is 2. The fourth-order valence-electron chi connectivity index (χ4n) is 2.94. The summed E-state index contributed by atoms with van der Waals surface area (Å²) >= 11 is 11.9. The second kappa shape index (κ2) is 6.77. The molecule has 1 aromatic rings. The lowest BCUT2D eigenvalue weighted by Gasteiger charge is -2.32. The molecular weight excluding hydrogens is 349 g/mol. The van der Waals surface area contributed by atoms with Gasteiger partial charge in [-0.25, -0.2) is 4.99 Å². The third-order valence-corrected chi connectivity index (χ3v) is 4.96. The highest BCUT2D eigenvalue weighted by molar-refractivity contribution is 6.42. The Morgan fingerprint density at radius 1 is 1.33 bits per heavy atom. The second-order valence-corrected chi connectivity index (χ2v) is 7.76. The number of aliphatic imine (C=N–C) groups is 1. The molecule has 0 spiro atoms. The molecule has 1 unspecified atom stereocenters. The highest BCUT2D eigenvalue weighted by Crippen LogP contribution is 2.41. The van der Waals surface area contributed by atoms with E-state index in [2.05, 4.69) is 15.6 Å². The lowest BCUT2D eigenvalue weighted by Crippen LogP contribution is -2.47. The van der Waals surface area contributed by atoms with E-state index >= 15 is 0 Å². The molecular formula is C16H20Cl2N5O. The van der Waals surface area contributed by atoms with Gasteiger partial charge in [-0.1, -0.05) is 23.2 Å². The first-order valence-electron chi connectivity index (χ1n) is 7.50. The van der Waals surface area contributed by atoms with Gasteiger partial charge >= 0.3 is 0 Å². The summed E-state index contributed by atoms with van der Waals surface area (Å²) in [6, 6.07) is 4.75. The topological polar surface area (TPSA) is 83.3 Å². The van der Waals surface area contributed by atoms with E-state index in [-0.39, 0.29) is 12.0 Å². The van der Waals surface area contributed by atoms with Gasteiger partial charge in [0.25, 0.3) is 0 Å². The molecule has 0 saturated carbocycles. The standard InChI is InChI=1S/C16H20Cl2N5O/c1-15(2)8-13(16(3,4)23(15)24)22-14(20-9-19)21-10-5-6-11(17)12(18)7-10/h5-7,13H,8H2,1-4H3,(H2,20,21,22). The van der Waals surface area contributed by atoms with E-state index in [1.807, 2.05) is 33.9 Å². The number of hydrogen-bond acceptors (Lipinski definition) is 3. The number of rotatable bonds is 2. The maximum atomic E-state index is 12.4. The number of nitrogens with zero attached hydrogens (tertiary/aromatic N) is 3. The van der Waals surface area contributed by atoms with Gasteiger partial charge in [-0.05, 0) is 52.3 Å². The van der Waals surface area contributed by atoms with Crippen LogP contribution in [0.15, 0.2) is 23.2 Å². The first-order valence-corrected chi connectivity index (χ1v) is 8.26. The molecule has 2 rings (SSSR count). The van der Waals surface area contributed by atoms with Gasteiger partial charge in [0.2, 0.25) is 5.96 Å². The summed E-state index contributed by atoms with van der Waals surface area (Å²) in [5, 5.41) is 28.9. The van der Waals surface area contributed by atoms with E-state index in [4.69, 9.17) is 28.5 Å². The highest BCUT2D eigenvalue weighted by atomic mass is 35.5. The van der Waals surface area contributed by atoms with Crippen LogP contribution >= 0.6 is 23.2 Å². The molecule has 0 amide bonds. The van der Waals surface area contributed by atoms with Crippen LogP contribution in [0.1, 0.15) is 34.1 Å². The molecule has 1 radical (unpaired) electrons.